The molecule has 3 rings (SSSR count). The van der Waals surface area contributed by atoms with Gasteiger partial charge in [0, 0.05) is 5.92 Å². The summed E-state index contributed by atoms with van der Waals surface area (Å²) in [5.41, 5.74) is 4.26. The Balaban J connectivity index is 1.50. The Morgan fingerprint density at radius 2 is 1.40 bits per heavy atom. The Labute approximate surface area is 202 Å². The highest BCUT2D eigenvalue weighted by molar-refractivity contribution is 5.81. The van der Waals surface area contributed by atoms with E-state index in [1.54, 1.807) is 0 Å². The van der Waals surface area contributed by atoms with E-state index in [0.717, 1.165) is 22.3 Å². The fourth-order valence-corrected chi connectivity index (χ4v) is 4.32. The quantitative estimate of drug-likeness (QED) is 0.314. The largest absolute Gasteiger partial charge is 0.480 e. The number of aliphatic carboxylic acids is 3. The van der Waals surface area contributed by atoms with Gasteiger partial charge in [0.1, 0.15) is 12.6 Å². The first-order valence-electron chi connectivity index (χ1n) is 11.3. The van der Waals surface area contributed by atoms with Crippen LogP contribution in [0.15, 0.2) is 48.5 Å². The second-order valence-corrected chi connectivity index (χ2v) is 8.35. The number of hydrogen-bond acceptors (Lipinski definition) is 6. The van der Waals surface area contributed by atoms with Crippen molar-refractivity contribution in [3.8, 4) is 11.1 Å². The van der Waals surface area contributed by atoms with Crippen molar-refractivity contribution < 1.29 is 39.2 Å². The number of nitrogens with zero attached hydrogens (tertiary/aromatic N) is 1. The molecular formula is C25H28N2O8. The molecule has 0 unspecified atom stereocenters. The Morgan fingerprint density at radius 1 is 0.857 bits per heavy atom. The van der Waals surface area contributed by atoms with Crippen molar-refractivity contribution in [1.29, 1.82) is 0 Å². The maximum Gasteiger partial charge on any atom is 0.407 e. The van der Waals surface area contributed by atoms with Gasteiger partial charge in [-0.3, -0.25) is 14.5 Å². The van der Waals surface area contributed by atoms with E-state index < -0.39 is 43.1 Å². The molecule has 1 aliphatic carbocycles. The van der Waals surface area contributed by atoms with Gasteiger partial charge in [-0.15, -0.1) is 0 Å². The highest BCUT2D eigenvalue weighted by atomic mass is 16.5. The molecule has 2 aromatic carbocycles. The van der Waals surface area contributed by atoms with Crippen LogP contribution in [0.5, 0.6) is 0 Å². The minimum Gasteiger partial charge on any atom is -0.480 e. The van der Waals surface area contributed by atoms with E-state index in [2.05, 4.69) is 5.32 Å². The molecule has 186 valence electrons. The van der Waals surface area contributed by atoms with E-state index in [-0.39, 0.29) is 25.5 Å². The van der Waals surface area contributed by atoms with Crippen LogP contribution >= 0.6 is 0 Å². The summed E-state index contributed by atoms with van der Waals surface area (Å²) >= 11 is 0. The van der Waals surface area contributed by atoms with Crippen LogP contribution in [0, 0.1) is 0 Å². The minimum absolute atomic E-state index is 0.0610. The van der Waals surface area contributed by atoms with E-state index in [1.165, 1.54) is 4.90 Å². The van der Waals surface area contributed by atoms with Crippen molar-refractivity contribution in [2.24, 2.45) is 0 Å². The number of fused-ring (bicyclic) bond motifs is 3. The van der Waals surface area contributed by atoms with Gasteiger partial charge in [-0.2, -0.15) is 0 Å². The molecule has 0 radical (unpaired) electrons. The number of carboxylic acid groups (broad SMARTS) is 3. The number of hydrogen-bond donors (Lipinski definition) is 4. The molecule has 0 aromatic heterocycles. The zero-order chi connectivity index (χ0) is 25.4. The van der Waals surface area contributed by atoms with Crippen molar-refractivity contribution in [3.63, 3.8) is 0 Å². The molecule has 0 saturated heterocycles. The Morgan fingerprint density at radius 3 is 1.91 bits per heavy atom. The summed E-state index contributed by atoms with van der Waals surface area (Å²) in [4.78, 5) is 47.0. The molecule has 10 heteroatoms. The average Bonchev–Trinajstić information content (AvgIpc) is 3.12. The van der Waals surface area contributed by atoms with Gasteiger partial charge in [0.15, 0.2) is 0 Å². The van der Waals surface area contributed by atoms with Gasteiger partial charge >= 0.3 is 24.0 Å². The smallest absolute Gasteiger partial charge is 0.407 e. The standard InChI is InChI=1S/C25H28N2O8/c28-22(29)13-27(14-23(30)31)12-6-5-11-21(24(32)33)26-25(34)35-15-20-18-9-3-1-7-16(18)17-8-2-4-10-19(17)20/h1-4,7-10,20-21H,5-6,11-15H2,(H,26,34)(H,28,29)(H,30,31)(H,32,33)/t21-/m0/s1. The van der Waals surface area contributed by atoms with Crippen LogP contribution in [-0.4, -0.2) is 76.5 Å². The number of carbonyl (C=O) groups excluding carboxylic acids is 1. The van der Waals surface area contributed by atoms with Crippen molar-refractivity contribution >= 4 is 24.0 Å². The summed E-state index contributed by atoms with van der Waals surface area (Å²) < 4.78 is 5.40. The number of nitrogens with one attached hydrogen (secondary N) is 1. The molecule has 0 bridgehead atoms. The molecule has 0 aliphatic heterocycles. The Kier molecular flexibility index (Phi) is 8.80. The highest BCUT2D eigenvalue weighted by Crippen LogP contribution is 2.44. The van der Waals surface area contributed by atoms with Gasteiger partial charge in [0.2, 0.25) is 0 Å². The van der Waals surface area contributed by atoms with E-state index in [0.29, 0.717) is 12.8 Å². The summed E-state index contributed by atoms with van der Waals surface area (Å²) in [5, 5.41) is 29.6. The number of carbonyl (C=O) groups is 4. The van der Waals surface area contributed by atoms with Gasteiger partial charge in [-0.1, -0.05) is 48.5 Å². The molecule has 35 heavy (non-hydrogen) atoms. The average molecular weight is 485 g/mol. The third-order valence-corrected chi connectivity index (χ3v) is 5.87. The SMILES string of the molecule is O=C(O)CN(CCCC[C@H](NC(=O)OCC1c2ccccc2-c2ccccc21)C(=O)O)CC(=O)O. The Bertz CT molecular complexity index is 1030. The molecule has 4 N–H and O–H groups in total. The first-order valence-corrected chi connectivity index (χ1v) is 11.3. The topological polar surface area (TPSA) is 153 Å². The number of amides is 1. The third-order valence-electron chi connectivity index (χ3n) is 5.87. The van der Waals surface area contributed by atoms with Crippen molar-refractivity contribution in [1.82, 2.24) is 10.2 Å². The molecule has 1 aliphatic rings. The molecule has 1 amide bonds. The number of unbranched alkanes of at least 4 members (excludes halogenated alkanes) is 1. The fraction of sp³-hybridized carbons (Fsp3) is 0.360. The first-order chi connectivity index (χ1) is 16.8. The van der Waals surface area contributed by atoms with Gasteiger partial charge < -0.3 is 25.4 Å². The second kappa shape index (κ2) is 12.0. The van der Waals surface area contributed by atoms with Crippen LogP contribution in [0.3, 0.4) is 0 Å². The lowest BCUT2D eigenvalue weighted by atomic mass is 9.98. The van der Waals surface area contributed by atoms with Crippen LogP contribution in [0.25, 0.3) is 11.1 Å². The lowest BCUT2D eigenvalue weighted by Crippen LogP contribution is -2.41. The van der Waals surface area contributed by atoms with Gasteiger partial charge in [0.25, 0.3) is 0 Å². The van der Waals surface area contributed by atoms with E-state index in [9.17, 15) is 24.3 Å². The van der Waals surface area contributed by atoms with E-state index >= 15 is 0 Å². The third kappa shape index (κ3) is 7.03. The number of ether oxygens (including phenoxy) is 1. The minimum atomic E-state index is -1.22. The molecule has 1 atom stereocenters. The van der Waals surface area contributed by atoms with Crippen molar-refractivity contribution in [2.45, 2.75) is 31.2 Å². The summed E-state index contributed by atoms with van der Waals surface area (Å²) in [7, 11) is 0. The summed E-state index contributed by atoms with van der Waals surface area (Å²) in [5.74, 6) is -3.66. The van der Waals surface area contributed by atoms with Crippen LogP contribution in [0.1, 0.15) is 36.3 Å². The van der Waals surface area contributed by atoms with Crippen molar-refractivity contribution in [3.05, 3.63) is 59.7 Å². The molecule has 0 fully saturated rings. The van der Waals surface area contributed by atoms with Crippen LogP contribution < -0.4 is 5.32 Å². The number of benzene rings is 2. The second-order valence-electron chi connectivity index (χ2n) is 8.35. The van der Waals surface area contributed by atoms with Crippen LogP contribution in [0.4, 0.5) is 4.79 Å². The predicted octanol–water partition coefficient (Wildman–Crippen LogP) is 2.62. The molecular weight excluding hydrogens is 456 g/mol. The van der Waals surface area contributed by atoms with Gasteiger partial charge in [0.05, 0.1) is 13.1 Å². The predicted molar refractivity (Wildman–Crippen MR) is 125 cm³/mol. The maximum atomic E-state index is 12.4. The lowest BCUT2D eigenvalue weighted by molar-refractivity contribution is -0.142. The molecule has 0 heterocycles. The molecule has 10 nitrogen and oxygen atoms in total. The first kappa shape index (κ1) is 25.7. The maximum absolute atomic E-state index is 12.4. The van der Waals surface area contributed by atoms with Crippen LogP contribution in [-0.2, 0) is 19.1 Å². The number of carboxylic acids is 3. The van der Waals surface area contributed by atoms with Crippen LogP contribution in [0.2, 0.25) is 0 Å². The zero-order valence-electron chi connectivity index (χ0n) is 19.1. The monoisotopic (exact) mass is 484 g/mol. The molecule has 0 spiro atoms. The summed E-state index contributed by atoms with van der Waals surface area (Å²) in [6.07, 6.45) is -0.0294. The fourth-order valence-electron chi connectivity index (χ4n) is 4.32. The zero-order valence-corrected chi connectivity index (χ0v) is 19.1. The summed E-state index contributed by atoms with van der Waals surface area (Å²) in [6, 6.07) is 14.6. The number of alkyl carbamates (subject to hydrolysis) is 1. The highest BCUT2D eigenvalue weighted by Gasteiger charge is 2.29. The molecule has 2 aromatic rings. The van der Waals surface area contributed by atoms with Gasteiger partial charge in [-0.05, 0) is 48.1 Å². The lowest BCUT2D eigenvalue weighted by Gasteiger charge is -2.19. The van der Waals surface area contributed by atoms with E-state index in [1.807, 2.05) is 48.5 Å². The normalized spacial score (nSPS) is 13.1. The summed E-state index contributed by atoms with van der Waals surface area (Å²) in [6.45, 7) is -0.610. The number of rotatable bonds is 13. The molecule has 0 saturated carbocycles. The van der Waals surface area contributed by atoms with Gasteiger partial charge in [-0.25, -0.2) is 9.59 Å². The van der Waals surface area contributed by atoms with Crippen molar-refractivity contribution in [2.75, 3.05) is 26.2 Å². The van der Waals surface area contributed by atoms with E-state index in [4.69, 9.17) is 14.9 Å². The Hall–Kier alpha value is -3.92.